The molecule has 5 nitrogen and oxygen atoms in total. The molecule has 114 valence electrons. The van der Waals surface area contributed by atoms with Crippen LogP contribution in [0.2, 0.25) is 10.0 Å². The van der Waals surface area contributed by atoms with E-state index in [1.54, 1.807) is 6.92 Å². The topological polar surface area (TPSA) is 74.7 Å². The standard InChI is InChI=1S/C13H13Cl2NO4S/c1-3-5-16(6-4-2)21(19,20)11-8-9(14)7-10(12(11)15)13(17)18/h1,7-8H,4-6H2,2H3,(H,17,18). The van der Waals surface area contributed by atoms with Crippen molar-refractivity contribution >= 4 is 39.2 Å². The number of rotatable bonds is 6. The third-order valence-corrected chi connectivity index (χ3v) is 5.20. The van der Waals surface area contributed by atoms with Gasteiger partial charge in [0.15, 0.2) is 0 Å². The van der Waals surface area contributed by atoms with Crippen LogP contribution in [0.3, 0.4) is 0 Å². The predicted molar refractivity (Wildman–Crippen MR) is 81.3 cm³/mol. The third kappa shape index (κ3) is 3.89. The van der Waals surface area contributed by atoms with E-state index in [2.05, 4.69) is 5.92 Å². The Kier molecular flexibility index (Phi) is 6.05. The molecule has 0 aliphatic heterocycles. The van der Waals surface area contributed by atoms with Gasteiger partial charge < -0.3 is 5.11 Å². The number of carboxylic acids is 1. The first-order valence-electron chi connectivity index (χ1n) is 5.91. The molecule has 0 atom stereocenters. The molecule has 0 saturated heterocycles. The van der Waals surface area contributed by atoms with Gasteiger partial charge in [-0.1, -0.05) is 36.0 Å². The Labute approximate surface area is 133 Å². The van der Waals surface area contributed by atoms with Crippen LogP contribution in [0.5, 0.6) is 0 Å². The summed E-state index contributed by atoms with van der Waals surface area (Å²) in [6, 6.07) is 2.21. The highest BCUT2D eigenvalue weighted by Crippen LogP contribution is 2.31. The van der Waals surface area contributed by atoms with Crippen LogP contribution in [-0.4, -0.2) is 36.9 Å². The summed E-state index contributed by atoms with van der Waals surface area (Å²) in [6.07, 6.45) is 5.72. The van der Waals surface area contributed by atoms with E-state index in [1.165, 1.54) is 0 Å². The molecule has 0 radical (unpaired) electrons. The molecule has 0 spiro atoms. The predicted octanol–water partition coefficient (Wildman–Crippen LogP) is 2.73. The second kappa shape index (κ2) is 7.14. The molecule has 1 rings (SSSR count). The van der Waals surface area contributed by atoms with Gasteiger partial charge >= 0.3 is 5.97 Å². The fourth-order valence-electron chi connectivity index (χ4n) is 1.68. The van der Waals surface area contributed by atoms with E-state index in [4.69, 9.17) is 34.7 Å². The lowest BCUT2D eigenvalue weighted by molar-refractivity contribution is 0.0697. The van der Waals surface area contributed by atoms with Crippen LogP contribution in [0.25, 0.3) is 0 Å². The Bertz CT molecular complexity index is 695. The number of carboxylic acid groups (broad SMARTS) is 1. The van der Waals surface area contributed by atoms with E-state index in [1.807, 2.05) is 0 Å². The Balaban J connectivity index is 3.51. The summed E-state index contributed by atoms with van der Waals surface area (Å²) in [5.74, 6) is 0.891. The number of carbonyl (C=O) groups is 1. The molecular weight excluding hydrogens is 337 g/mol. The van der Waals surface area contributed by atoms with Crippen molar-refractivity contribution in [1.29, 1.82) is 0 Å². The summed E-state index contributed by atoms with van der Waals surface area (Å²) in [5, 5.41) is 8.62. The van der Waals surface area contributed by atoms with Crippen LogP contribution < -0.4 is 0 Å². The summed E-state index contributed by atoms with van der Waals surface area (Å²) in [6.45, 7) is 1.85. The smallest absolute Gasteiger partial charge is 0.337 e. The maximum Gasteiger partial charge on any atom is 0.337 e. The Morgan fingerprint density at radius 2 is 2.05 bits per heavy atom. The second-order valence-corrected chi connectivity index (χ2v) is 6.83. The maximum atomic E-state index is 12.6. The number of terminal acetylenes is 1. The van der Waals surface area contributed by atoms with Gasteiger partial charge in [-0.05, 0) is 18.6 Å². The van der Waals surface area contributed by atoms with E-state index < -0.39 is 16.0 Å². The van der Waals surface area contributed by atoms with Gasteiger partial charge in [0.05, 0.1) is 17.1 Å². The number of hydrogen-bond donors (Lipinski definition) is 1. The zero-order valence-electron chi connectivity index (χ0n) is 11.1. The van der Waals surface area contributed by atoms with E-state index in [0.29, 0.717) is 6.42 Å². The zero-order chi connectivity index (χ0) is 16.2. The van der Waals surface area contributed by atoms with Crippen molar-refractivity contribution in [3.8, 4) is 12.3 Å². The van der Waals surface area contributed by atoms with Crippen LogP contribution in [0.15, 0.2) is 17.0 Å². The second-order valence-electron chi connectivity index (χ2n) is 4.11. The maximum absolute atomic E-state index is 12.6. The van der Waals surface area contributed by atoms with Gasteiger partial charge in [0, 0.05) is 11.6 Å². The van der Waals surface area contributed by atoms with Gasteiger partial charge in [0.25, 0.3) is 0 Å². The van der Waals surface area contributed by atoms with Gasteiger partial charge in [-0.25, -0.2) is 13.2 Å². The number of sulfonamides is 1. The summed E-state index contributed by atoms with van der Waals surface area (Å²) in [5.41, 5.74) is -0.375. The molecule has 0 heterocycles. The SMILES string of the molecule is C#CCN(CCC)S(=O)(=O)c1cc(Cl)cc(C(=O)O)c1Cl. The largest absolute Gasteiger partial charge is 0.478 e. The van der Waals surface area contributed by atoms with Crippen LogP contribution >= 0.6 is 23.2 Å². The molecule has 0 bridgehead atoms. The highest BCUT2D eigenvalue weighted by Gasteiger charge is 2.28. The monoisotopic (exact) mass is 349 g/mol. The lowest BCUT2D eigenvalue weighted by atomic mass is 10.2. The van der Waals surface area contributed by atoms with Gasteiger partial charge in [-0.2, -0.15) is 4.31 Å². The number of halogens is 2. The van der Waals surface area contributed by atoms with Crippen molar-refractivity contribution in [3.05, 3.63) is 27.7 Å². The van der Waals surface area contributed by atoms with Crippen LogP contribution in [0.1, 0.15) is 23.7 Å². The van der Waals surface area contributed by atoms with Gasteiger partial charge in [-0.15, -0.1) is 6.42 Å². The van der Waals surface area contributed by atoms with Crippen LogP contribution in [-0.2, 0) is 10.0 Å². The minimum absolute atomic E-state index is 0.0347. The number of hydrogen-bond acceptors (Lipinski definition) is 3. The van der Waals surface area contributed by atoms with Crippen molar-refractivity contribution in [2.75, 3.05) is 13.1 Å². The first-order valence-corrected chi connectivity index (χ1v) is 8.11. The average Bonchev–Trinajstić information content (AvgIpc) is 2.40. The molecule has 21 heavy (non-hydrogen) atoms. The minimum atomic E-state index is -4.02. The lowest BCUT2D eigenvalue weighted by Gasteiger charge is -2.20. The average molecular weight is 350 g/mol. The summed E-state index contributed by atoms with van der Waals surface area (Å²) in [4.78, 5) is 10.7. The van der Waals surface area contributed by atoms with Crippen molar-refractivity contribution in [2.24, 2.45) is 0 Å². The van der Waals surface area contributed by atoms with Crippen molar-refractivity contribution in [2.45, 2.75) is 18.2 Å². The Hall–Kier alpha value is -1.26. The van der Waals surface area contributed by atoms with Crippen molar-refractivity contribution in [1.82, 2.24) is 4.31 Å². The van der Waals surface area contributed by atoms with Crippen LogP contribution in [0, 0.1) is 12.3 Å². The third-order valence-electron chi connectivity index (χ3n) is 2.59. The molecule has 0 amide bonds. The highest BCUT2D eigenvalue weighted by atomic mass is 35.5. The summed E-state index contributed by atoms with van der Waals surface area (Å²) >= 11 is 11.7. The molecule has 8 heteroatoms. The van der Waals surface area contributed by atoms with E-state index >= 15 is 0 Å². The molecule has 0 aliphatic carbocycles. The Morgan fingerprint density at radius 1 is 1.43 bits per heavy atom. The first kappa shape index (κ1) is 17.8. The highest BCUT2D eigenvalue weighted by molar-refractivity contribution is 7.89. The minimum Gasteiger partial charge on any atom is -0.478 e. The molecular formula is C13H13Cl2NO4S. The molecule has 0 aromatic heterocycles. The van der Waals surface area contributed by atoms with Gasteiger partial charge in [0.2, 0.25) is 10.0 Å². The normalized spacial score (nSPS) is 11.4. The fraction of sp³-hybridized carbons (Fsp3) is 0.308. The van der Waals surface area contributed by atoms with Crippen molar-refractivity contribution in [3.63, 3.8) is 0 Å². The van der Waals surface area contributed by atoms with E-state index in [9.17, 15) is 13.2 Å². The molecule has 1 aromatic carbocycles. The lowest BCUT2D eigenvalue weighted by Crippen LogP contribution is -2.32. The van der Waals surface area contributed by atoms with Crippen molar-refractivity contribution < 1.29 is 18.3 Å². The van der Waals surface area contributed by atoms with E-state index in [0.717, 1.165) is 16.4 Å². The first-order chi connectivity index (χ1) is 9.75. The van der Waals surface area contributed by atoms with Gasteiger partial charge in [-0.3, -0.25) is 0 Å². The molecule has 1 N–H and O–H groups in total. The quantitative estimate of drug-likeness (QED) is 0.801. The number of aromatic carboxylic acids is 1. The number of nitrogens with zero attached hydrogens (tertiary/aromatic N) is 1. The molecule has 0 aliphatic rings. The zero-order valence-corrected chi connectivity index (χ0v) is 13.5. The fourth-order valence-corrected chi connectivity index (χ4v) is 4.01. The molecule has 0 fully saturated rings. The molecule has 0 saturated carbocycles. The molecule has 0 unspecified atom stereocenters. The van der Waals surface area contributed by atoms with Crippen LogP contribution in [0.4, 0.5) is 0 Å². The number of benzene rings is 1. The Morgan fingerprint density at radius 3 is 2.52 bits per heavy atom. The van der Waals surface area contributed by atoms with Gasteiger partial charge in [0.1, 0.15) is 4.90 Å². The molecule has 1 aromatic rings. The summed E-state index contributed by atoms with van der Waals surface area (Å²) in [7, 11) is -4.02. The summed E-state index contributed by atoms with van der Waals surface area (Å²) < 4.78 is 26.2. The van der Waals surface area contributed by atoms with E-state index in [-0.39, 0.29) is 33.6 Å².